The van der Waals surface area contributed by atoms with E-state index >= 15 is 0 Å². The van der Waals surface area contributed by atoms with Gasteiger partial charge in [0.05, 0.1) is 0 Å². The number of aryl methyl sites for hydroxylation is 2. The van der Waals surface area contributed by atoms with E-state index in [1.807, 2.05) is 13.0 Å². The fourth-order valence-corrected chi connectivity index (χ4v) is 1.46. The topological polar surface area (TPSA) is 68.0 Å². The Kier molecular flexibility index (Phi) is 3.18. The van der Waals surface area contributed by atoms with Crippen molar-refractivity contribution in [2.45, 2.75) is 20.4 Å². The van der Waals surface area contributed by atoms with Crippen molar-refractivity contribution in [3.8, 4) is 0 Å². The van der Waals surface area contributed by atoms with E-state index in [4.69, 9.17) is 4.52 Å². The highest BCUT2D eigenvalue weighted by Gasteiger charge is 2.10. The van der Waals surface area contributed by atoms with Crippen LogP contribution in [0, 0.1) is 13.8 Å². The molecule has 1 N–H and O–H groups in total. The van der Waals surface area contributed by atoms with Crippen LogP contribution in [-0.4, -0.2) is 16.0 Å². The molecule has 0 bridgehead atoms. The van der Waals surface area contributed by atoms with E-state index in [0.717, 1.165) is 11.1 Å². The molecule has 0 radical (unpaired) electrons. The van der Waals surface area contributed by atoms with Crippen LogP contribution in [0.1, 0.15) is 27.4 Å². The number of rotatable bonds is 3. The van der Waals surface area contributed by atoms with Gasteiger partial charge in [0.2, 0.25) is 0 Å². The first-order valence-electron chi connectivity index (χ1n) is 5.27. The zero-order chi connectivity index (χ0) is 12.3. The summed E-state index contributed by atoms with van der Waals surface area (Å²) in [5, 5.41) is 6.40. The van der Waals surface area contributed by atoms with E-state index in [1.54, 1.807) is 25.4 Å². The van der Waals surface area contributed by atoms with Crippen LogP contribution in [0.4, 0.5) is 0 Å². The first-order chi connectivity index (χ1) is 8.15. The van der Waals surface area contributed by atoms with Crippen molar-refractivity contribution in [2.24, 2.45) is 0 Å². The number of hydrogen-bond acceptors (Lipinski definition) is 4. The van der Waals surface area contributed by atoms with Gasteiger partial charge in [-0.15, -0.1) is 0 Å². The van der Waals surface area contributed by atoms with Crippen LogP contribution in [0.5, 0.6) is 0 Å². The molecule has 5 heteroatoms. The summed E-state index contributed by atoms with van der Waals surface area (Å²) >= 11 is 0. The molecule has 0 aliphatic carbocycles. The average molecular weight is 231 g/mol. The van der Waals surface area contributed by atoms with Crippen molar-refractivity contribution >= 4 is 5.91 Å². The van der Waals surface area contributed by atoms with Gasteiger partial charge in [0.15, 0.2) is 5.69 Å². The molecule has 0 atom stereocenters. The zero-order valence-corrected chi connectivity index (χ0v) is 9.73. The second kappa shape index (κ2) is 4.78. The van der Waals surface area contributed by atoms with Crippen molar-refractivity contribution in [2.75, 3.05) is 0 Å². The SMILES string of the molecule is Cc1cncc(CNC(=O)c2cc(C)on2)c1. The van der Waals surface area contributed by atoms with Gasteiger partial charge in [-0.3, -0.25) is 9.78 Å². The second-order valence-corrected chi connectivity index (χ2v) is 3.88. The van der Waals surface area contributed by atoms with Crippen LogP contribution >= 0.6 is 0 Å². The maximum atomic E-state index is 11.7. The van der Waals surface area contributed by atoms with Gasteiger partial charge in [-0.25, -0.2) is 0 Å². The number of pyridine rings is 1. The van der Waals surface area contributed by atoms with Crippen molar-refractivity contribution in [3.63, 3.8) is 0 Å². The van der Waals surface area contributed by atoms with Crippen LogP contribution in [0.3, 0.4) is 0 Å². The number of hydrogen-bond donors (Lipinski definition) is 1. The Labute approximate surface area is 98.8 Å². The predicted molar refractivity (Wildman–Crippen MR) is 61.4 cm³/mol. The molecule has 2 aromatic heterocycles. The van der Waals surface area contributed by atoms with Gasteiger partial charge >= 0.3 is 0 Å². The maximum absolute atomic E-state index is 11.7. The molecular formula is C12H13N3O2. The van der Waals surface area contributed by atoms with Gasteiger partial charge < -0.3 is 9.84 Å². The Morgan fingerprint density at radius 2 is 2.18 bits per heavy atom. The van der Waals surface area contributed by atoms with Gasteiger partial charge in [-0.2, -0.15) is 0 Å². The predicted octanol–water partition coefficient (Wildman–Crippen LogP) is 1.62. The minimum absolute atomic E-state index is 0.247. The second-order valence-electron chi connectivity index (χ2n) is 3.88. The molecule has 0 unspecified atom stereocenters. The molecule has 17 heavy (non-hydrogen) atoms. The first kappa shape index (κ1) is 11.3. The number of nitrogens with one attached hydrogen (secondary N) is 1. The first-order valence-corrected chi connectivity index (χ1v) is 5.27. The Morgan fingerprint density at radius 3 is 2.82 bits per heavy atom. The lowest BCUT2D eigenvalue weighted by Gasteiger charge is -2.03. The summed E-state index contributed by atoms with van der Waals surface area (Å²) in [6.07, 6.45) is 3.49. The molecule has 5 nitrogen and oxygen atoms in total. The van der Waals surface area contributed by atoms with Gasteiger partial charge in [0, 0.05) is 25.0 Å². The van der Waals surface area contributed by atoms with Crippen LogP contribution < -0.4 is 5.32 Å². The standard InChI is InChI=1S/C12H13N3O2/c1-8-3-10(6-13-5-8)7-14-12(16)11-4-9(2)17-15-11/h3-6H,7H2,1-2H3,(H,14,16). The fraction of sp³-hybridized carbons (Fsp3) is 0.250. The number of nitrogens with zero attached hydrogens (tertiary/aromatic N) is 2. The van der Waals surface area contributed by atoms with E-state index in [2.05, 4.69) is 15.5 Å². The van der Waals surface area contributed by atoms with E-state index in [0.29, 0.717) is 18.0 Å². The minimum Gasteiger partial charge on any atom is -0.361 e. The normalized spacial score (nSPS) is 10.2. The van der Waals surface area contributed by atoms with Gasteiger partial charge in [0.25, 0.3) is 5.91 Å². The average Bonchev–Trinajstić information content (AvgIpc) is 2.73. The summed E-state index contributed by atoms with van der Waals surface area (Å²) in [4.78, 5) is 15.7. The molecule has 0 aliphatic heterocycles. The van der Waals surface area contributed by atoms with Crippen molar-refractivity contribution < 1.29 is 9.32 Å². The Morgan fingerprint density at radius 1 is 1.35 bits per heavy atom. The number of aromatic nitrogens is 2. The Balaban J connectivity index is 1.97. The third-order valence-electron chi connectivity index (χ3n) is 2.25. The van der Waals surface area contributed by atoms with Crippen molar-refractivity contribution in [3.05, 3.63) is 47.1 Å². The molecule has 0 aliphatic rings. The molecular weight excluding hydrogens is 218 g/mol. The fourth-order valence-electron chi connectivity index (χ4n) is 1.46. The van der Waals surface area contributed by atoms with Crippen LogP contribution in [0.15, 0.2) is 29.0 Å². The highest BCUT2D eigenvalue weighted by molar-refractivity contribution is 5.92. The van der Waals surface area contributed by atoms with E-state index < -0.39 is 0 Å². The summed E-state index contributed by atoms with van der Waals surface area (Å²) < 4.78 is 4.83. The zero-order valence-electron chi connectivity index (χ0n) is 9.73. The lowest BCUT2D eigenvalue weighted by molar-refractivity contribution is 0.0942. The molecule has 2 heterocycles. The highest BCUT2D eigenvalue weighted by atomic mass is 16.5. The van der Waals surface area contributed by atoms with Gasteiger partial charge in [-0.1, -0.05) is 11.2 Å². The minimum atomic E-state index is -0.247. The van der Waals surface area contributed by atoms with E-state index in [1.165, 1.54) is 0 Å². The Bertz CT molecular complexity index is 534. The lowest BCUT2D eigenvalue weighted by atomic mass is 10.2. The van der Waals surface area contributed by atoms with Crippen LogP contribution in [-0.2, 0) is 6.54 Å². The monoisotopic (exact) mass is 231 g/mol. The van der Waals surface area contributed by atoms with Crippen LogP contribution in [0.25, 0.3) is 0 Å². The molecule has 2 rings (SSSR count). The largest absolute Gasteiger partial charge is 0.361 e. The lowest BCUT2D eigenvalue weighted by Crippen LogP contribution is -2.23. The molecule has 1 amide bonds. The van der Waals surface area contributed by atoms with E-state index in [-0.39, 0.29) is 5.91 Å². The van der Waals surface area contributed by atoms with Crippen molar-refractivity contribution in [1.29, 1.82) is 0 Å². The summed E-state index contributed by atoms with van der Waals surface area (Å²) in [7, 11) is 0. The summed E-state index contributed by atoms with van der Waals surface area (Å²) in [5.41, 5.74) is 2.32. The third kappa shape index (κ3) is 2.90. The molecule has 0 saturated carbocycles. The van der Waals surface area contributed by atoms with Gasteiger partial charge in [-0.05, 0) is 25.0 Å². The molecule has 0 fully saturated rings. The quantitative estimate of drug-likeness (QED) is 0.871. The molecule has 0 aromatic carbocycles. The summed E-state index contributed by atoms with van der Waals surface area (Å²) in [6.45, 7) is 4.13. The summed E-state index contributed by atoms with van der Waals surface area (Å²) in [6, 6.07) is 3.57. The Hall–Kier alpha value is -2.17. The molecule has 2 aromatic rings. The van der Waals surface area contributed by atoms with Gasteiger partial charge in [0.1, 0.15) is 5.76 Å². The molecule has 0 saturated heterocycles. The summed E-state index contributed by atoms with van der Waals surface area (Å²) in [5.74, 6) is 0.371. The van der Waals surface area contributed by atoms with E-state index in [9.17, 15) is 4.79 Å². The third-order valence-corrected chi connectivity index (χ3v) is 2.25. The maximum Gasteiger partial charge on any atom is 0.273 e. The number of amides is 1. The van der Waals surface area contributed by atoms with Crippen molar-refractivity contribution in [1.82, 2.24) is 15.5 Å². The highest BCUT2D eigenvalue weighted by Crippen LogP contribution is 2.03. The number of carbonyl (C=O) groups excluding carboxylic acids is 1. The number of carbonyl (C=O) groups is 1. The smallest absolute Gasteiger partial charge is 0.273 e. The molecule has 88 valence electrons. The molecule has 0 spiro atoms. The van der Waals surface area contributed by atoms with Crippen LogP contribution in [0.2, 0.25) is 0 Å².